The third kappa shape index (κ3) is 3.72. The van der Waals surface area contributed by atoms with Gasteiger partial charge in [0.05, 0.1) is 0 Å². The van der Waals surface area contributed by atoms with E-state index < -0.39 is 35.1 Å². The zero-order chi connectivity index (χ0) is 16.1. The molecule has 2 rings (SSSR count). The van der Waals surface area contributed by atoms with Gasteiger partial charge in [0.25, 0.3) is 11.9 Å². The molecule has 0 spiro atoms. The highest BCUT2D eigenvalue weighted by Gasteiger charge is 2.20. The number of halogens is 4. The average Bonchev–Trinajstić information content (AvgIpc) is 2.50. The fourth-order valence-electron chi connectivity index (χ4n) is 1.69. The van der Waals surface area contributed by atoms with Crippen LogP contribution in [0.4, 0.5) is 28.9 Å². The summed E-state index contributed by atoms with van der Waals surface area (Å²) < 4.78 is 52.4. The van der Waals surface area contributed by atoms with E-state index in [1.165, 1.54) is 0 Å². The summed E-state index contributed by atoms with van der Waals surface area (Å²) in [5.41, 5.74) is -0.427. The number of carbonyl (C=O) groups excluding carboxylic acids is 1. The van der Waals surface area contributed by atoms with Gasteiger partial charge in [-0.25, -0.2) is 0 Å². The van der Waals surface area contributed by atoms with E-state index in [-0.39, 0.29) is 13.0 Å². The summed E-state index contributed by atoms with van der Waals surface area (Å²) in [5, 5.41) is 4.70. The molecule has 0 aliphatic carbocycles. The van der Waals surface area contributed by atoms with E-state index in [2.05, 4.69) is 15.6 Å². The summed E-state index contributed by atoms with van der Waals surface area (Å²) >= 11 is 0. The number of benzene rings is 1. The van der Waals surface area contributed by atoms with E-state index in [1.807, 2.05) is 0 Å². The first kappa shape index (κ1) is 15.7. The Bertz CT molecular complexity index is 653. The maximum atomic E-state index is 13.3. The highest BCUT2D eigenvalue weighted by atomic mass is 19.2. The molecule has 0 unspecified atom stereocenters. The summed E-state index contributed by atoms with van der Waals surface area (Å²) in [6.45, 7) is -0.213. The number of pyridine rings is 1. The third-order valence-corrected chi connectivity index (χ3v) is 2.71. The van der Waals surface area contributed by atoms with Crippen molar-refractivity contribution in [1.82, 2.24) is 4.98 Å². The number of amides is 1. The number of hydrogen-bond acceptors (Lipinski definition) is 3. The summed E-state index contributed by atoms with van der Waals surface area (Å²) in [6, 6.07) is 8.55. The number of anilines is 2. The summed E-state index contributed by atoms with van der Waals surface area (Å²) in [6.07, 6.45) is -0.153. The predicted molar refractivity (Wildman–Crippen MR) is 72.2 cm³/mol. The molecule has 2 aromatic rings. The lowest BCUT2D eigenvalue weighted by Crippen LogP contribution is -2.18. The van der Waals surface area contributed by atoms with Gasteiger partial charge in [0, 0.05) is 18.7 Å². The first-order valence-electron chi connectivity index (χ1n) is 6.28. The van der Waals surface area contributed by atoms with Crippen LogP contribution in [0.3, 0.4) is 0 Å². The number of para-hydroxylation sites is 1. The van der Waals surface area contributed by atoms with Crippen molar-refractivity contribution in [3.63, 3.8) is 0 Å². The van der Waals surface area contributed by atoms with Crippen LogP contribution in [-0.2, 0) is 4.79 Å². The minimum absolute atomic E-state index is 0.153. The van der Waals surface area contributed by atoms with Crippen molar-refractivity contribution in [3.05, 3.63) is 53.9 Å². The molecular formula is C14H11F4N3O. The van der Waals surface area contributed by atoms with E-state index in [9.17, 15) is 22.4 Å². The number of aromatic nitrogens is 1. The Kier molecular flexibility index (Phi) is 4.92. The molecule has 0 saturated carbocycles. The molecule has 0 radical (unpaired) electrons. The number of nitrogens with zero attached hydrogens (tertiary/aromatic N) is 1. The van der Waals surface area contributed by atoms with Gasteiger partial charge >= 0.3 is 0 Å². The van der Waals surface area contributed by atoms with E-state index >= 15 is 0 Å². The Morgan fingerprint density at radius 2 is 1.59 bits per heavy atom. The Balaban J connectivity index is 1.93. The first-order valence-corrected chi connectivity index (χ1v) is 6.28. The molecule has 0 saturated heterocycles. The van der Waals surface area contributed by atoms with Crippen LogP contribution in [0.1, 0.15) is 6.42 Å². The van der Waals surface area contributed by atoms with E-state index in [4.69, 9.17) is 0 Å². The van der Waals surface area contributed by atoms with E-state index in [0.29, 0.717) is 5.69 Å². The molecule has 2 N–H and O–H groups in total. The van der Waals surface area contributed by atoms with Crippen molar-refractivity contribution in [2.75, 3.05) is 17.2 Å². The van der Waals surface area contributed by atoms with Crippen LogP contribution in [0.2, 0.25) is 0 Å². The largest absolute Gasteiger partial charge is 0.379 e. The molecule has 1 aromatic carbocycles. The zero-order valence-corrected chi connectivity index (χ0v) is 11.2. The van der Waals surface area contributed by atoms with Crippen molar-refractivity contribution < 1.29 is 22.4 Å². The number of hydrogen-bond donors (Lipinski definition) is 2. The van der Waals surface area contributed by atoms with E-state index in [1.54, 1.807) is 30.3 Å². The fraction of sp³-hybridized carbons (Fsp3) is 0.143. The lowest BCUT2D eigenvalue weighted by molar-refractivity contribution is -0.115. The molecule has 8 heteroatoms. The van der Waals surface area contributed by atoms with Gasteiger partial charge in [0.1, 0.15) is 5.69 Å². The predicted octanol–water partition coefficient (Wildman–Crippen LogP) is 3.08. The van der Waals surface area contributed by atoms with Crippen molar-refractivity contribution in [2.45, 2.75) is 6.42 Å². The highest BCUT2D eigenvalue weighted by Crippen LogP contribution is 2.21. The second-order valence-electron chi connectivity index (χ2n) is 4.29. The summed E-state index contributed by atoms with van der Waals surface area (Å²) in [5.74, 6) is -7.20. The lowest BCUT2D eigenvalue weighted by atomic mass is 10.3. The van der Waals surface area contributed by atoms with Crippen LogP contribution in [0.15, 0.2) is 30.3 Å². The van der Waals surface area contributed by atoms with Gasteiger partial charge in [-0.2, -0.15) is 22.5 Å². The minimum atomic E-state index is -1.75. The van der Waals surface area contributed by atoms with Gasteiger partial charge in [-0.15, -0.1) is 0 Å². The normalized spacial score (nSPS) is 10.4. The number of rotatable bonds is 5. The first-order chi connectivity index (χ1) is 10.5. The van der Waals surface area contributed by atoms with Crippen molar-refractivity contribution in [1.29, 1.82) is 0 Å². The van der Waals surface area contributed by atoms with Crippen LogP contribution in [-0.4, -0.2) is 17.4 Å². The SMILES string of the molecule is O=C(CCNc1c(F)c(F)nc(F)c1F)Nc1ccccc1. The van der Waals surface area contributed by atoms with Gasteiger partial charge in [0.2, 0.25) is 17.5 Å². The van der Waals surface area contributed by atoms with Crippen molar-refractivity contribution >= 4 is 17.3 Å². The quantitative estimate of drug-likeness (QED) is 0.659. The molecule has 1 heterocycles. The van der Waals surface area contributed by atoms with Crippen LogP contribution < -0.4 is 10.6 Å². The van der Waals surface area contributed by atoms with Gasteiger partial charge in [-0.3, -0.25) is 4.79 Å². The molecule has 0 bridgehead atoms. The second-order valence-corrected chi connectivity index (χ2v) is 4.29. The van der Waals surface area contributed by atoms with Gasteiger partial charge in [-0.05, 0) is 12.1 Å². The highest BCUT2D eigenvalue weighted by molar-refractivity contribution is 5.90. The standard InChI is InChI=1S/C14H11F4N3O/c15-10-12(11(16)14(18)21-13(10)17)19-7-6-9(22)20-8-4-2-1-3-5-8/h1-5H,6-7H2,(H,19,21)(H,20,22). The molecular weight excluding hydrogens is 302 g/mol. The average molecular weight is 313 g/mol. The van der Waals surface area contributed by atoms with Gasteiger partial charge < -0.3 is 10.6 Å². The lowest BCUT2D eigenvalue weighted by Gasteiger charge is -2.09. The Morgan fingerprint density at radius 3 is 2.18 bits per heavy atom. The monoisotopic (exact) mass is 313 g/mol. The zero-order valence-electron chi connectivity index (χ0n) is 11.2. The second kappa shape index (κ2) is 6.88. The van der Waals surface area contributed by atoms with Crippen molar-refractivity contribution in [3.8, 4) is 0 Å². The molecule has 22 heavy (non-hydrogen) atoms. The fourth-order valence-corrected chi connectivity index (χ4v) is 1.69. The molecule has 0 atom stereocenters. The molecule has 0 aliphatic rings. The van der Waals surface area contributed by atoms with Crippen LogP contribution in [0.25, 0.3) is 0 Å². The number of carbonyl (C=O) groups is 1. The van der Waals surface area contributed by atoms with Crippen LogP contribution in [0.5, 0.6) is 0 Å². The van der Waals surface area contributed by atoms with Crippen LogP contribution in [0, 0.1) is 23.5 Å². The summed E-state index contributed by atoms with van der Waals surface area (Å²) in [7, 11) is 0. The van der Waals surface area contributed by atoms with Gasteiger partial charge in [-0.1, -0.05) is 18.2 Å². The Morgan fingerprint density at radius 1 is 1.00 bits per heavy atom. The molecule has 1 aromatic heterocycles. The van der Waals surface area contributed by atoms with Crippen LogP contribution >= 0.6 is 0 Å². The van der Waals surface area contributed by atoms with Gasteiger partial charge in [0.15, 0.2) is 0 Å². The maximum absolute atomic E-state index is 13.3. The van der Waals surface area contributed by atoms with Crippen molar-refractivity contribution in [2.24, 2.45) is 0 Å². The molecule has 1 amide bonds. The molecule has 0 aliphatic heterocycles. The summed E-state index contributed by atoms with van der Waals surface area (Å²) in [4.78, 5) is 14.0. The molecule has 116 valence electrons. The topological polar surface area (TPSA) is 54.0 Å². The van der Waals surface area contributed by atoms with E-state index in [0.717, 1.165) is 0 Å². The third-order valence-electron chi connectivity index (χ3n) is 2.71. The Hall–Kier alpha value is -2.64. The molecule has 0 fully saturated rings. The maximum Gasteiger partial charge on any atom is 0.253 e. The number of nitrogens with one attached hydrogen (secondary N) is 2. The molecule has 4 nitrogen and oxygen atoms in total. The minimum Gasteiger partial charge on any atom is -0.379 e. The Labute approximate surface area is 123 Å². The smallest absolute Gasteiger partial charge is 0.253 e.